The normalized spacial score (nSPS) is 14.8. The van der Waals surface area contributed by atoms with Gasteiger partial charge in [0.25, 0.3) is 13.4 Å². The van der Waals surface area contributed by atoms with Crippen molar-refractivity contribution in [2.45, 2.75) is 19.6 Å². The van der Waals surface area contributed by atoms with E-state index in [0.717, 1.165) is 45.5 Å². The van der Waals surface area contributed by atoms with Crippen LogP contribution in [0.15, 0.2) is 177 Å². The van der Waals surface area contributed by atoms with Gasteiger partial charge in [-0.15, -0.1) is 0 Å². The SMILES string of the molecule is c1ccc(N2c3cccc4c3B3c5c(cc(-c6cc7c8c(c6)Sc6cccc9c6B8c6c(cccc6N9c6ccccc6)O7)cc5Sc5cccc2c53)O4)cc1. The molecule has 0 bridgehead atoms. The third kappa shape index (κ3) is 3.81. The van der Waals surface area contributed by atoms with Crippen LogP contribution in [-0.2, 0) is 0 Å². The first-order valence-corrected chi connectivity index (χ1v) is 20.7. The van der Waals surface area contributed by atoms with Crippen molar-refractivity contribution >= 4 is 104 Å². The zero-order valence-electron chi connectivity index (χ0n) is 29.7. The molecule has 6 aliphatic heterocycles. The number of hydrogen-bond acceptors (Lipinski definition) is 6. The summed E-state index contributed by atoms with van der Waals surface area (Å²) in [6.45, 7) is 0.200. The van der Waals surface area contributed by atoms with Crippen molar-refractivity contribution in [2.75, 3.05) is 9.80 Å². The van der Waals surface area contributed by atoms with E-state index in [4.69, 9.17) is 9.47 Å². The molecule has 0 spiro atoms. The maximum atomic E-state index is 6.97. The Balaban J connectivity index is 0.938. The van der Waals surface area contributed by atoms with Crippen LogP contribution in [-0.4, -0.2) is 13.4 Å². The number of para-hydroxylation sites is 2. The average molecular weight is 749 g/mol. The van der Waals surface area contributed by atoms with E-state index in [2.05, 4.69) is 168 Å². The zero-order chi connectivity index (χ0) is 36.2. The zero-order valence-corrected chi connectivity index (χ0v) is 31.3. The third-order valence-electron chi connectivity index (χ3n) is 12.3. The van der Waals surface area contributed by atoms with Crippen LogP contribution in [0.5, 0.6) is 23.0 Å². The number of nitrogens with zero attached hydrogens (tertiary/aromatic N) is 2. The molecule has 0 saturated carbocycles. The molecule has 8 heteroatoms. The molecule has 0 aliphatic carbocycles. The molecule has 0 amide bonds. The van der Waals surface area contributed by atoms with Crippen LogP contribution in [0, 0.1) is 0 Å². The summed E-state index contributed by atoms with van der Waals surface area (Å²) in [5.41, 5.74) is 17.2. The summed E-state index contributed by atoms with van der Waals surface area (Å²) in [5, 5.41) is 0. The maximum Gasteiger partial charge on any atom is 0.259 e. The second-order valence-electron chi connectivity index (χ2n) is 15.1. The monoisotopic (exact) mass is 748 g/mol. The molecule has 14 rings (SSSR count). The molecule has 4 nitrogen and oxygen atoms in total. The molecule has 6 aliphatic rings. The van der Waals surface area contributed by atoms with E-state index in [1.807, 2.05) is 23.5 Å². The van der Waals surface area contributed by atoms with E-state index in [9.17, 15) is 0 Å². The van der Waals surface area contributed by atoms with E-state index in [0.29, 0.717) is 0 Å². The van der Waals surface area contributed by atoms with Gasteiger partial charge in [0.15, 0.2) is 0 Å². The van der Waals surface area contributed by atoms with Gasteiger partial charge in [-0.3, -0.25) is 0 Å². The van der Waals surface area contributed by atoms with E-state index >= 15 is 0 Å². The van der Waals surface area contributed by atoms with Gasteiger partial charge in [-0.05, 0) is 141 Å². The Hall–Kier alpha value is -6.21. The Labute approximate surface area is 332 Å². The van der Waals surface area contributed by atoms with Gasteiger partial charge in [0.2, 0.25) is 0 Å². The lowest BCUT2D eigenvalue weighted by Crippen LogP contribution is -2.62. The largest absolute Gasteiger partial charge is 0.458 e. The standard InChI is InChI=1S/C48H26B2N2O2S2/c1-3-11-29(12-4-1)51-31-15-7-19-35-43(31)49-45-33(51)17-9-21-39(45)55-41-25-27(23-37(53-35)47(41)49)28-24-38-48-42(26-28)56-40-22-10-18-34-46(40)50(48)44-32(16-8-20-36(44)54-38)52(34)30-13-5-2-6-14-30/h1-26H. The first-order valence-electron chi connectivity index (χ1n) is 19.1. The molecule has 0 atom stereocenters. The van der Waals surface area contributed by atoms with Gasteiger partial charge in [0.1, 0.15) is 23.0 Å². The minimum Gasteiger partial charge on any atom is -0.458 e. The highest BCUT2D eigenvalue weighted by Gasteiger charge is 2.48. The summed E-state index contributed by atoms with van der Waals surface area (Å²) in [4.78, 5) is 9.91. The summed E-state index contributed by atoms with van der Waals surface area (Å²) < 4.78 is 13.9. The average Bonchev–Trinajstić information content (AvgIpc) is 3.24. The summed E-state index contributed by atoms with van der Waals surface area (Å²) in [7, 11) is 0. The quantitative estimate of drug-likeness (QED) is 0.167. The molecular weight excluding hydrogens is 722 g/mol. The van der Waals surface area contributed by atoms with Crippen molar-refractivity contribution in [3.63, 3.8) is 0 Å². The number of benzene rings is 8. The Bertz CT molecular complexity index is 2720. The minimum atomic E-state index is 0.100. The lowest BCUT2D eigenvalue weighted by molar-refractivity contribution is 0.485. The van der Waals surface area contributed by atoms with Crippen molar-refractivity contribution in [2.24, 2.45) is 0 Å². The van der Waals surface area contributed by atoms with Crippen LogP contribution in [0.3, 0.4) is 0 Å². The molecule has 8 aromatic rings. The van der Waals surface area contributed by atoms with Crippen molar-refractivity contribution < 1.29 is 9.47 Å². The van der Waals surface area contributed by atoms with Crippen LogP contribution in [0.1, 0.15) is 0 Å². The Morgan fingerprint density at radius 1 is 0.339 bits per heavy atom. The van der Waals surface area contributed by atoms with Gasteiger partial charge >= 0.3 is 0 Å². The van der Waals surface area contributed by atoms with Crippen molar-refractivity contribution in [3.05, 3.63) is 158 Å². The molecule has 258 valence electrons. The highest BCUT2D eigenvalue weighted by atomic mass is 32.2. The van der Waals surface area contributed by atoms with Gasteiger partial charge in [-0.25, -0.2) is 0 Å². The predicted octanol–water partition coefficient (Wildman–Crippen LogP) is 9.09. The molecule has 56 heavy (non-hydrogen) atoms. The van der Waals surface area contributed by atoms with E-state index in [-0.39, 0.29) is 13.4 Å². The fourth-order valence-corrected chi connectivity index (χ4v) is 12.6. The Morgan fingerprint density at radius 3 is 1.20 bits per heavy atom. The number of rotatable bonds is 3. The highest BCUT2D eigenvalue weighted by molar-refractivity contribution is 8.00. The van der Waals surface area contributed by atoms with Crippen LogP contribution >= 0.6 is 23.5 Å². The second-order valence-corrected chi connectivity index (χ2v) is 17.3. The summed E-state index contributed by atoms with van der Waals surface area (Å²) >= 11 is 3.73. The lowest BCUT2D eigenvalue weighted by Gasteiger charge is -2.43. The fourth-order valence-electron chi connectivity index (χ4n) is 10.2. The summed E-state index contributed by atoms with van der Waals surface area (Å²) in [6.07, 6.45) is 0. The highest BCUT2D eigenvalue weighted by Crippen LogP contribution is 2.50. The van der Waals surface area contributed by atoms with Gasteiger partial charge in [0.05, 0.1) is 0 Å². The number of anilines is 6. The summed E-state index contributed by atoms with van der Waals surface area (Å²) in [5.74, 6) is 3.73. The van der Waals surface area contributed by atoms with E-state index in [1.54, 1.807) is 0 Å². The van der Waals surface area contributed by atoms with Crippen LogP contribution in [0.25, 0.3) is 11.1 Å². The van der Waals surface area contributed by atoms with E-state index < -0.39 is 0 Å². The topological polar surface area (TPSA) is 24.9 Å². The lowest BCUT2D eigenvalue weighted by atomic mass is 9.33. The number of ether oxygens (including phenoxy) is 2. The van der Waals surface area contributed by atoms with Gasteiger partial charge < -0.3 is 19.3 Å². The van der Waals surface area contributed by atoms with Crippen molar-refractivity contribution in [1.29, 1.82) is 0 Å². The number of hydrogen-bond donors (Lipinski definition) is 0. The van der Waals surface area contributed by atoms with Gasteiger partial charge in [-0.1, -0.05) is 84.2 Å². The molecule has 0 N–H and O–H groups in total. The van der Waals surface area contributed by atoms with Crippen molar-refractivity contribution in [1.82, 2.24) is 0 Å². The minimum absolute atomic E-state index is 0.100. The molecule has 0 unspecified atom stereocenters. The molecule has 0 fully saturated rings. The predicted molar refractivity (Wildman–Crippen MR) is 232 cm³/mol. The first kappa shape index (κ1) is 30.1. The Morgan fingerprint density at radius 2 is 0.750 bits per heavy atom. The van der Waals surface area contributed by atoms with Crippen molar-refractivity contribution in [3.8, 4) is 34.1 Å². The smallest absolute Gasteiger partial charge is 0.259 e. The second kappa shape index (κ2) is 10.8. The third-order valence-corrected chi connectivity index (χ3v) is 14.6. The molecule has 0 saturated heterocycles. The van der Waals surface area contributed by atoms with Crippen LogP contribution in [0.2, 0.25) is 0 Å². The first-order chi connectivity index (χ1) is 27.8. The molecule has 0 aromatic heterocycles. The Kier molecular flexibility index (Phi) is 5.77. The maximum absolute atomic E-state index is 6.97. The van der Waals surface area contributed by atoms with Gasteiger partial charge in [-0.2, -0.15) is 0 Å². The molecule has 8 aromatic carbocycles. The molecule has 6 heterocycles. The fraction of sp³-hybridized carbons (Fsp3) is 0. The summed E-state index contributed by atoms with van der Waals surface area (Å²) in [6, 6.07) is 57.3. The molecular formula is C48H26B2N2O2S2. The van der Waals surface area contributed by atoms with Gasteiger partial charge in [0, 0.05) is 53.7 Å². The van der Waals surface area contributed by atoms with Crippen LogP contribution in [0.4, 0.5) is 34.1 Å². The van der Waals surface area contributed by atoms with E-state index in [1.165, 1.54) is 75.1 Å². The van der Waals surface area contributed by atoms with Crippen LogP contribution < -0.4 is 52.1 Å². The molecule has 0 radical (unpaired) electrons.